The summed E-state index contributed by atoms with van der Waals surface area (Å²) < 4.78 is 15.6. The van der Waals surface area contributed by atoms with Crippen LogP contribution in [0.3, 0.4) is 0 Å². The number of aromatic nitrogens is 7. The lowest BCUT2D eigenvalue weighted by molar-refractivity contribution is 0.146. The maximum atomic E-state index is 9.69. The number of aliphatic hydroxyl groups is 1. The average molecular weight is 518 g/mol. The van der Waals surface area contributed by atoms with E-state index in [2.05, 4.69) is 25.3 Å². The Bertz CT molecular complexity index is 1560. The van der Waals surface area contributed by atoms with E-state index in [1.54, 1.807) is 9.36 Å². The molecule has 1 atom stereocenters. The smallest absolute Gasteiger partial charge is 0.241 e. The Hall–Kier alpha value is -4.21. The monoisotopic (exact) mass is 517 g/mol. The Balaban J connectivity index is 1.73. The number of hydrogen-bond acceptors (Lipinski definition) is 9. The normalized spacial score (nSPS) is 16.8. The molecule has 0 amide bonds. The van der Waals surface area contributed by atoms with Gasteiger partial charge in [-0.25, -0.2) is 4.68 Å². The maximum absolute atomic E-state index is 9.69. The zero-order chi connectivity index (χ0) is 27.0. The molecule has 12 heteroatoms. The number of pyridine rings is 1. The molecule has 0 fully saturated rings. The van der Waals surface area contributed by atoms with Gasteiger partial charge in [-0.1, -0.05) is 0 Å². The fourth-order valence-corrected chi connectivity index (χ4v) is 4.97. The minimum atomic E-state index is -0.171. The summed E-state index contributed by atoms with van der Waals surface area (Å²) in [5.74, 6) is 0.994. The maximum Gasteiger partial charge on any atom is 0.241 e. The van der Waals surface area contributed by atoms with Gasteiger partial charge in [0.25, 0.3) is 0 Å². The summed E-state index contributed by atoms with van der Waals surface area (Å²) >= 11 is 0. The van der Waals surface area contributed by atoms with E-state index in [1.807, 2.05) is 59.2 Å². The van der Waals surface area contributed by atoms with Crippen molar-refractivity contribution in [2.24, 2.45) is 7.05 Å². The topological polar surface area (TPSA) is 143 Å². The third kappa shape index (κ3) is 4.62. The Morgan fingerprint density at radius 1 is 1.24 bits per heavy atom. The van der Waals surface area contributed by atoms with Crippen LogP contribution in [0, 0.1) is 25.2 Å². The number of rotatable bonds is 4. The van der Waals surface area contributed by atoms with Gasteiger partial charge in [0.15, 0.2) is 6.61 Å². The van der Waals surface area contributed by atoms with Crippen LogP contribution in [-0.4, -0.2) is 77.7 Å². The van der Waals surface area contributed by atoms with Crippen molar-refractivity contribution in [2.45, 2.75) is 40.0 Å². The molecule has 0 spiro atoms. The molecule has 4 aromatic heterocycles. The second-order valence-corrected chi connectivity index (χ2v) is 9.53. The molecule has 5 heterocycles. The largest absolute Gasteiger partial charge is 0.473 e. The Labute approximate surface area is 220 Å². The molecule has 0 saturated carbocycles. The third-order valence-corrected chi connectivity index (χ3v) is 6.54. The number of ether oxygens (including phenoxy) is 2. The zero-order valence-corrected chi connectivity index (χ0v) is 22.2. The molecule has 38 heavy (non-hydrogen) atoms. The molecule has 198 valence electrons. The van der Waals surface area contributed by atoms with E-state index >= 15 is 0 Å². The van der Waals surface area contributed by atoms with Gasteiger partial charge in [0.1, 0.15) is 17.7 Å². The van der Waals surface area contributed by atoms with Crippen molar-refractivity contribution in [3.63, 3.8) is 0 Å². The summed E-state index contributed by atoms with van der Waals surface area (Å²) in [6.07, 6.45) is 3.67. The lowest BCUT2D eigenvalue weighted by atomic mass is 10.1. The second kappa shape index (κ2) is 10.3. The van der Waals surface area contributed by atoms with Crippen LogP contribution in [0.5, 0.6) is 11.8 Å². The molecule has 1 aliphatic rings. The van der Waals surface area contributed by atoms with Gasteiger partial charge in [0.05, 0.1) is 52.7 Å². The molecule has 12 nitrogen and oxygen atoms in total. The van der Waals surface area contributed by atoms with Gasteiger partial charge in [-0.15, -0.1) is 5.10 Å². The molecule has 0 aromatic carbocycles. The van der Waals surface area contributed by atoms with E-state index in [1.165, 1.54) is 0 Å². The number of aliphatic hydroxyl groups excluding tert-OH is 1. The van der Waals surface area contributed by atoms with E-state index in [4.69, 9.17) is 19.7 Å². The van der Waals surface area contributed by atoms with Crippen LogP contribution in [0.1, 0.15) is 35.3 Å². The lowest BCUT2D eigenvalue weighted by Gasteiger charge is -2.23. The molecule has 0 radical (unpaired) electrons. The predicted octanol–water partition coefficient (Wildman–Crippen LogP) is 2.45. The molecule has 0 aliphatic carbocycles. The summed E-state index contributed by atoms with van der Waals surface area (Å²) in [7, 11) is 3.87. The Morgan fingerprint density at radius 3 is 2.82 bits per heavy atom. The SMILES string of the molecule is Cc1nn(C)c2c1-c1cc3c([nH]nc3c(C)n1)/C=C/c1c(OCC#N)nn(CCO)c1CN(C)C[C@H](C)O2. The lowest BCUT2D eigenvalue weighted by Crippen LogP contribution is -2.32. The van der Waals surface area contributed by atoms with Crippen LogP contribution in [-0.2, 0) is 20.1 Å². The highest BCUT2D eigenvalue weighted by Gasteiger charge is 2.24. The summed E-state index contributed by atoms with van der Waals surface area (Å²) in [6, 6.07) is 4.01. The predicted molar refractivity (Wildman–Crippen MR) is 141 cm³/mol. The van der Waals surface area contributed by atoms with Crippen LogP contribution < -0.4 is 9.47 Å². The second-order valence-electron chi connectivity index (χ2n) is 9.53. The molecule has 0 unspecified atom stereocenters. The fourth-order valence-electron chi connectivity index (χ4n) is 4.97. The molecular formula is C26H31N9O3. The van der Waals surface area contributed by atoms with Crippen molar-refractivity contribution in [1.29, 1.82) is 5.26 Å². The first-order valence-electron chi connectivity index (χ1n) is 12.4. The molecular weight excluding hydrogens is 486 g/mol. The van der Waals surface area contributed by atoms with Crippen molar-refractivity contribution >= 4 is 23.1 Å². The van der Waals surface area contributed by atoms with E-state index in [9.17, 15) is 5.11 Å². The van der Waals surface area contributed by atoms with Crippen molar-refractivity contribution in [1.82, 2.24) is 39.6 Å². The average Bonchev–Trinajstić information content (AvgIpc) is 3.50. The number of H-pyrrole nitrogens is 1. The number of nitrogens with zero attached hydrogens (tertiary/aromatic N) is 8. The summed E-state index contributed by atoms with van der Waals surface area (Å²) in [4.78, 5) is 6.98. The highest BCUT2D eigenvalue weighted by atomic mass is 16.5. The summed E-state index contributed by atoms with van der Waals surface area (Å²) in [5, 5.41) is 36.5. The van der Waals surface area contributed by atoms with Gasteiger partial charge in [-0.3, -0.25) is 19.7 Å². The number of aromatic amines is 1. The van der Waals surface area contributed by atoms with Crippen molar-refractivity contribution in [3.8, 4) is 29.1 Å². The van der Waals surface area contributed by atoms with Crippen LogP contribution in [0.4, 0.5) is 0 Å². The Morgan fingerprint density at radius 2 is 2.05 bits per heavy atom. The Kier molecular flexibility index (Phi) is 6.88. The number of nitriles is 1. The molecule has 2 bridgehead atoms. The molecule has 2 N–H and O–H groups in total. The first-order chi connectivity index (χ1) is 18.3. The number of nitrogens with one attached hydrogen (secondary N) is 1. The highest BCUT2D eigenvalue weighted by Crippen LogP contribution is 2.36. The van der Waals surface area contributed by atoms with Crippen molar-refractivity contribution in [2.75, 3.05) is 26.8 Å². The van der Waals surface area contributed by atoms with E-state index < -0.39 is 0 Å². The van der Waals surface area contributed by atoms with Crippen LogP contribution in [0.25, 0.3) is 34.3 Å². The highest BCUT2D eigenvalue weighted by molar-refractivity contribution is 5.93. The minimum Gasteiger partial charge on any atom is -0.473 e. The van der Waals surface area contributed by atoms with Crippen LogP contribution >= 0.6 is 0 Å². The molecule has 4 aromatic rings. The quantitative estimate of drug-likeness (QED) is 0.417. The number of likely N-dealkylation sites (N-methyl/N-ethyl adjacent to an activating group) is 1. The van der Waals surface area contributed by atoms with E-state index in [0.717, 1.165) is 50.5 Å². The number of hydrogen-bond donors (Lipinski definition) is 2. The van der Waals surface area contributed by atoms with E-state index in [-0.39, 0.29) is 19.3 Å². The van der Waals surface area contributed by atoms with Gasteiger partial charge in [-0.2, -0.15) is 15.5 Å². The van der Waals surface area contributed by atoms with Gasteiger partial charge in [0.2, 0.25) is 11.8 Å². The third-order valence-electron chi connectivity index (χ3n) is 6.54. The van der Waals surface area contributed by atoms with Gasteiger partial charge in [-0.05, 0) is 46.0 Å². The fraction of sp³-hybridized carbons (Fsp3) is 0.423. The number of aryl methyl sites for hydroxylation is 3. The molecule has 1 aliphatic heterocycles. The summed E-state index contributed by atoms with van der Waals surface area (Å²) in [5.41, 5.74) is 6.38. The number of fused-ring (bicyclic) bond motifs is 4. The van der Waals surface area contributed by atoms with Gasteiger partial charge >= 0.3 is 0 Å². The first kappa shape index (κ1) is 25.4. The minimum absolute atomic E-state index is 0.0817. The van der Waals surface area contributed by atoms with Gasteiger partial charge in [0, 0.05) is 25.5 Å². The summed E-state index contributed by atoms with van der Waals surface area (Å²) in [6.45, 7) is 7.11. The van der Waals surface area contributed by atoms with Crippen molar-refractivity contribution < 1.29 is 14.6 Å². The van der Waals surface area contributed by atoms with Crippen molar-refractivity contribution in [3.05, 3.63) is 34.4 Å². The zero-order valence-electron chi connectivity index (χ0n) is 22.2. The van der Waals surface area contributed by atoms with Crippen LogP contribution in [0.15, 0.2) is 6.07 Å². The first-order valence-corrected chi connectivity index (χ1v) is 12.4. The van der Waals surface area contributed by atoms with Gasteiger partial charge < -0.3 is 14.6 Å². The standard InChI is InChI=1S/C26H31N9O3/c1-15-13-33(4)14-22-18(25(37-11-8-27)32-35(22)9-10-36)6-7-20-19-12-21(28-17(3)24(19)30-29-20)23-16(2)31-34(5)26(23)38-15/h6-7,12,15,36H,9-11,13-14H2,1-5H3,(H,29,30)/b7-6+/t15-/m0/s1. The van der Waals surface area contributed by atoms with Crippen LogP contribution in [0.2, 0.25) is 0 Å². The molecule has 5 rings (SSSR count). The van der Waals surface area contributed by atoms with E-state index in [0.29, 0.717) is 31.4 Å². The molecule has 0 saturated heterocycles.